The zero-order valence-electron chi connectivity index (χ0n) is 11.0. The fraction of sp³-hybridized carbons (Fsp3) is 0.538. The van der Waals surface area contributed by atoms with E-state index in [1.54, 1.807) is 19.1 Å². The van der Waals surface area contributed by atoms with Crippen LogP contribution in [0.2, 0.25) is 0 Å². The van der Waals surface area contributed by atoms with Crippen molar-refractivity contribution in [2.75, 3.05) is 6.54 Å². The average molecular weight is 252 g/mol. The number of hydrogen-bond donors (Lipinski definition) is 3. The molecular formula is C13H20N2O3. The van der Waals surface area contributed by atoms with Gasteiger partial charge in [0.15, 0.2) is 6.29 Å². The molecule has 1 unspecified atom stereocenters. The number of carbonyl (C=O) groups excluding carboxylic acids is 2. The Bertz CT molecular complexity index is 422. The van der Waals surface area contributed by atoms with Crippen LogP contribution in [0.1, 0.15) is 48.2 Å². The fourth-order valence-electron chi connectivity index (χ4n) is 1.90. The van der Waals surface area contributed by atoms with Crippen molar-refractivity contribution >= 4 is 12.2 Å². The molecule has 0 fully saturated rings. The summed E-state index contributed by atoms with van der Waals surface area (Å²) in [7, 11) is 0. The maximum atomic E-state index is 11.8. The van der Waals surface area contributed by atoms with Crippen molar-refractivity contribution in [2.45, 2.75) is 33.3 Å². The smallest absolute Gasteiger partial charge is 0.267 e. The molecule has 0 spiro atoms. The Labute approximate surface area is 107 Å². The van der Waals surface area contributed by atoms with Crippen LogP contribution in [0.15, 0.2) is 12.1 Å². The quantitative estimate of drug-likeness (QED) is 0.668. The predicted octanol–water partition coefficient (Wildman–Crippen LogP) is 1.35. The molecular weight excluding hydrogens is 232 g/mol. The van der Waals surface area contributed by atoms with Crippen molar-refractivity contribution in [1.82, 2.24) is 10.3 Å². The van der Waals surface area contributed by atoms with Crippen LogP contribution in [-0.2, 0) is 0 Å². The van der Waals surface area contributed by atoms with E-state index in [2.05, 4.69) is 10.3 Å². The van der Waals surface area contributed by atoms with Gasteiger partial charge >= 0.3 is 0 Å². The highest BCUT2D eigenvalue weighted by molar-refractivity contribution is 5.93. The van der Waals surface area contributed by atoms with Gasteiger partial charge in [0.2, 0.25) is 0 Å². The molecule has 1 heterocycles. The topological polar surface area (TPSA) is 82.2 Å². The van der Waals surface area contributed by atoms with Crippen LogP contribution in [0.5, 0.6) is 0 Å². The normalized spacial score (nSPS) is 13.1. The first-order chi connectivity index (χ1) is 8.34. The van der Waals surface area contributed by atoms with Gasteiger partial charge in [-0.3, -0.25) is 9.59 Å². The van der Waals surface area contributed by atoms with Gasteiger partial charge in [-0.25, -0.2) is 0 Å². The van der Waals surface area contributed by atoms with E-state index < -0.39 is 6.10 Å². The number of hydrogen-bond acceptors (Lipinski definition) is 3. The van der Waals surface area contributed by atoms with E-state index in [1.165, 1.54) is 0 Å². The third kappa shape index (κ3) is 4.33. The maximum absolute atomic E-state index is 11.8. The highest BCUT2D eigenvalue weighted by Crippen LogP contribution is 2.21. The minimum atomic E-state index is -0.399. The molecule has 1 aromatic rings. The van der Waals surface area contributed by atoms with Crippen LogP contribution in [0.25, 0.3) is 0 Å². The van der Waals surface area contributed by atoms with E-state index in [1.807, 2.05) is 13.8 Å². The number of rotatable bonds is 6. The second kappa shape index (κ2) is 5.82. The second-order valence-electron chi connectivity index (χ2n) is 5.35. The lowest BCUT2D eigenvalue weighted by molar-refractivity contribution is 0.0898. The van der Waals surface area contributed by atoms with Crippen LogP contribution >= 0.6 is 0 Å². The monoisotopic (exact) mass is 252 g/mol. The van der Waals surface area contributed by atoms with Gasteiger partial charge in [-0.15, -0.1) is 0 Å². The summed E-state index contributed by atoms with van der Waals surface area (Å²) in [4.78, 5) is 25.0. The molecule has 0 aromatic carbocycles. The molecule has 0 aliphatic rings. The predicted molar refractivity (Wildman–Crippen MR) is 68.6 cm³/mol. The Balaban J connectivity index is 2.53. The van der Waals surface area contributed by atoms with E-state index in [4.69, 9.17) is 0 Å². The van der Waals surface area contributed by atoms with Crippen molar-refractivity contribution in [3.63, 3.8) is 0 Å². The van der Waals surface area contributed by atoms with Crippen molar-refractivity contribution in [2.24, 2.45) is 5.41 Å². The minimum Gasteiger partial charge on any atom is -0.393 e. The fourth-order valence-corrected chi connectivity index (χ4v) is 1.90. The molecule has 0 bridgehead atoms. The van der Waals surface area contributed by atoms with Crippen LogP contribution < -0.4 is 5.32 Å². The largest absolute Gasteiger partial charge is 0.393 e. The third-order valence-corrected chi connectivity index (χ3v) is 2.66. The van der Waals surface area contributed by atoms with E-state index in [9.17, 15) is 14.7 Å². The third-order valence-electron chi connectivity index (χ3n) is 2.66. The van der Waals surface area contributed by atoms with Gasteiger partial charge in [0.05, 0.1) is 11.8 Å². The molecule has 100 valence electrons. The number of aromatic amines is 1. The number of amides is 1. The zero-order chi connectivity index (χ0) is 13.8. The van der Waals surface area contributed by atoms with Crippen molar-refractivity contribution in [1.29, 1.82) is 0 Å². The first-order valence-corrected chi connectivity index (χ1v) is 5.94. The van der Waals surface area contributed by atoms with Crippen LogP contribution in [0, 0.1) is 5.41 Å². The summed E-state index contributed by atoms with van der Waals surface area (Å²) in [5.41, 5.74) is 0.567. The molecule has 0 radical (unpaired) electrons. The number of aliphatic hydroxyl groups excluding tert-OH is 1. The van der Waals surface area contributed by atoms with Gasteiger partial charge in [-0.2, -0.15) is 0 Å². The van der Waals surface area contributed by atoms with Crippen molar-refractivity contribution in [3.05, 3.63) is 23.5 Å². The Morgan fingerprint density at radius 2 is 2.22 bits per heavy atom. The van der Waals surface area contributed by atoms with E-state index in [-0.39, 0.29) is 11.3 Å². The average Bonchev–Trinajstić information content (AvgIpc) is 2.72. The van der Waals surface area contributed by atoms with Gasteiger partial charge in [-0.1, -0.05) is 13.8 Å². The Kier molecular flexibility index (Phi) is 4.67. The molecule has 1 atom stereocenters. The zero-order valence-corrected chi connectivity index (χ0v) is 11.0. The summed E-state index contributed by atoms with van der Waals surface area (Å²) in [6, 6.07) is 3.13. The van der Waals surface area contributed by atoms with E-state index in [0.717, 1.165) is 0 Å². The first-order valence-electron chi connectivity index (χ1n) is 5.94. The molecule has 3 N–H and O–H groups in total. The molecule has 0 aliphatic heterocycles. The standard InChI is InChI=1S/C13H20N2O3/c1-9(17)6-13(2,3)8-14-12(18)11-5-4-10(7-16)15-11/h4-5,7,9,15,17H,6,8H2,1-3H3,(H,14,18). The Hall–Kier alpha value is -1.62. The summed E-state index contributed by atoms with van der Waals surface area (Å²) in [6.07, 6.45) is 0.871. The number of aliphatic hydroxyl groups is 1. The second-order valence-corrected chi connectivity index (χ2v) is 5.35. The summed E-state index contributed by atoms with van der Waals surface area (Å²) in [5, 5.41) is 12.1. The van der Waals surface area contributed by atoms with E-state index in [0.29, 0.717) is 30.6 Å². The van der Waals surface area contributed by atoms with Crippen LogP contribution in [0.4, 0.5) is 0 Å². The van der Waals surface area contributed by atoms with Gasteiger partial charge in [0.25, 0.3) is 5.91 Å². The molecule has 1 rings (SSSR count). The van der Waals surface area contributed by atoms with Crippen LogP contribution in [0.3, 0.4) is 0 Å². The lowest BCUT2D eigenvalue weighted by Crippen LogP contribution is -2.35. The highest BCUT2D eigenvalue weighted by atomic mass is 16.3. The maximum Gasteiger partial charge on any atom is 0.267 e. The molecule has 1 amide bonds. The Morgan fingerprint density at radius 1 is 1.56 bits per heavy atom. The number of nitrogens with one attached hydrogen (secondary N) is 2. The number of aromatic nitrogens is 1. The lowest BCUT2D eigenvalue weighted by Gasteiger charge is -2.26. The lowest BCUT2D eigenvalue weighted by atomic mass is 9.87. The number of aldehydes is 1. The van der Waals surface area contributed by atoms with Crippen molar-refractivity contribution in [3.8, 4) is 0 Å². The molecule has 18 heavy (non-hydrogen) atoms. The summed E-state index contributed by atoms with van der Waals surface area (Å²) >= 11 is 0. The molecule has 5 nitrogen and oxygen atoms in total. The first kappa shape index (κ1) is 14.4. The summed E-state index contributed by atoms with van der Waals surface area (Å²) in [6.45, 7) is 6.15. The minimum absolute atomic E-state index is 0.177. The summed E-state index contributed by atoms with van der Waals surface area (Å²) in [5.74, 6) is -0.248. The highest BCUT2D eigenvalue weighted by Gasteiger charge is 2.21. The molecule has 1 aromatic heterocycles. The Morgan fingerprint density at radius 3 is 2.72 bits per heavy atom. The number of H-pyrrole nitrogens is 1. The molecule has 0 aliphatic carbocycles. The molecule has 0 saturated heterocycles. The van der Waals surface area contributed by atoms with Gasteiger partial charge in [0.1, 0.15) is 5.69 Å². The SMILES string of the molecule is CC(O)CC(C)(C)CNC(=O)c1ccc(C=O)[nH]1. The summed E-state index contributed by atoms with van der Waals surface area (Å²) < 4.78 is 0. The molecule has 5 heteroatoms. The van der Waals surface area contributed by atoms with E-state index >= 15 is 0 Å². The van der Waals surface area contributed by atoms with Gasteiger partial charge in [0, 0.05) is 6.54 Å². The van der Waals surface area contributed by atoms with Gasteiger partial charge in [-0.05, 0) is 30.9 Å². The molecule has 0 saturated carbocycles. The van der Waals surface area contributed by atoms with Gasteiger partial charge < -0.3 is 15.4 Å². The number of carbonyl (C=O) groups is 2. The van der Waals surface area contributed by atoms with Crippen molar-refractivity contribution < 1.29 is 14.7 Å². The van der Waals surface area contributed by atoms with Crippen LogP contribution in [-0.4, -0.2) is 34.9 Å².